The van der Waals surface area contributed by atoms with Gasteiger partial charge in [0.25, 0.3) is 10.0 Å². The molecule has 0 radical (unpaired) electrons. The molecule has 2 aromatic heterocycles. The fourth-order valence-electron chi connectivity index (χ4n) is 1.64. The van der Waals surface area contributed by atoms with Crippen LogP contribution in [-0.2, 0) is 17.1 Å². The Labute approximate surface area is 119 Å². The molecule has 0 saturated heterocycles. The minimum atomic E-state index is -3.74. The summed E-state index contributed by atoms with van der Waals surface area (Å²) in [4.78, 5) is 0. The van der Waals surface area contributed by atoms with Crippen LogP contribution in [0.25, 0.3) is 0 Å². The van der Waals surface area contributed by atoms with E-state index >= 15 is 0 Å². The van der Waals surface area contributed by atoms with Gasteiger partial charge < -0.3 is 4.42 Å². The van der Waals surface area contributed by atoms with Gasteiger partial charge in [0.2, 0.25) is 5.03 Å². The topological polar surface area (TPSA) is 90.0 Å². The number of nitrogens with zero attached hydrogens (tertiary/aromatic N) is 3. The second-order valence-electron chi connectivity index (χ2n) is 4.10. The van der Waals surface area contributed by atoms with Crippen molar-refractivity contribution in [2.24, 2.45) is 7.05 Å². The van der Waals surface area contributed by atoms with Gasteiger partial charge in [-0.2, -0.15) is 4.72 Å². The molecule has 0 aliphatic rings. The maximum absolute atomic E-state index is 12.2. The predicted octanol–water partition coefficient (Wildman–Crippen LogP) is 1.52. The summed E-state index contributed by atoms with van der Waals surface area (Å²) in [7, 11) is -2.23. The van der Waals surface area contributed by atoms with Crippen molar-refractivity contribution >= 4 is 26.0 Å². The molecule has 0 saturated carbocycles. The number of sulfonamides is 1. The third-order valence-electron chi connectivity index (χ3n) is 2.51. The van der Waals surface area contributed by atoms with Crippen molar-refractivity contribution in [2.45, 2.75) is 24.9 Å². The third kappa shape index (κ3) is 2.88. The second-order valence-corrected chi connectivity index (χ2v) is 6.48. The molecule has 0 amide bonds. The van der Waals surface area contributed by atoms with Crippen LogP contribution in [0, 0.1) is 6.92 Å². The largest absolute Gasteiger partial charge is 0.465 e. The summed E-state index contributed by atoms with van der Waals surface area (Å²) in [5, 5.41) is 7.27. The molecule has 0 spiro atoms. The highest BCUT2D eigenvalue weighted by Crippen LogP contribution is 2.22. The fraction of sp³-hybridized carbons (Fsp3) is 0.400. The van der Waals surface area contributed by atoms with Crippen LogP contribution in [0.3, 0.4) is 0 Å². The number of aromatic nitrogens is 3. The van der Waals surface area contributed by atoms with Crippen LogP contribution in [0.15, 0.2) is 26.2 Å². The summed E-state index contributed by atoms with van der Waals surface area (Å²) >= 11 is 3.07. The Morgan fingerprint density at radius 2 is 2.16 bits per heavy atom. The van der Waals surface area contributed by atoms with E-state index in [0.29, 0.717) is 5.76 Å². The van der Waals surface area contributed by atoms with Gasteiger partial charge in [0.05, 0.1) is 6.04 Å². The first kappa shape index (κ1) is 14.2. The summed E-state index contributed by atoms with van der Waals surface area (Å²) in [5.41, 5.74) is 0. The lowest BCUT2D eigenvalue weighted by molar-refractivity contribution is 0.440. The summed E-state index contributed by atoms with van der Waals surface area (Å²) in [6.07, 6.45) is 0. The maximum atomic E-state index is 12.2. The minimum Gasteiger partial charge on any atom is -0.465 e. The average molecular weight is 349 g/mol. The van der Waals surface area contributed by atoms with Crippen molar-refractivity contribution in [1.29, 1.82) is 0 Å². The number of nitrogens with one attached hydrogen (secondary N) is 1. The molecule has 1 unspecified atom stereocenters. The molecule has 9 heteroatoms. The molecule has 2 aromatic rings. The van der Waals surface area contributed by atoms with Crippen LogP contribution in [0.1, 0.15) is 24.5 Å². The van der Waals surface area contributed by atoms with Gasteiger partial charge in [-0.05, 0) is 41.9 Å². The van der Waals surface area contributed by atoms with E-state index < -0.39 is 16.1 Å². The van der Waals surface area contributed by atoms with E-state index in [9.17, 15) is 8.42 Å². The molecule has 2 rings (SSSR count). The Hall–Kier alpha value is -1.19. The fourth-order valence-corrected chi connectivity index (χ4v) is 3.95. The van der Waals surface area contributed by atoms with Gasteiger partial charge in [-0.15, -0.1) is 5.10 Å². The molecular weight excluding hydrogens is 336 g/mol. The Balaban J connectivity index is 2.27. The van der Waals surface area contributed by atoms with Crippen LogP contribution >= 0.6 is 15.9 Å². The quantitative estimate of drug-likeness (QED) is 0.904. The predicted molar refractivity (Wildman–Crippen MR) is 70.9 cm³/mol. The van der Waals surface area contributed by atoms with Gasteiger partial charge in [0.15, 0.2) is 4.60 Å². The first-order valence-corrected chi connectivity index (χ1v) is 7.72. The van der Waals surface area contributed by atoms with Crippen LogP contribution in [-0.4, -0.2) is 23.4 Å². The van der Waals surface area contributed by atoms with Crippen molar-refractivity contribution in [1.82, 2.24) is 19.7 Å². The molecule has 0 bridgehead atoms. The zero-order valence-electron chi connectivity index (χ0n) is 10.6. The second kappa shape index (κ2) is 5.06. The van der Waals surface area contributed by atoms with E-state index in [2.05, 4.69) is 31.0 Å². The number of halogens is 1. The van der Waals surface area contributed by atoms with Gasteiger partial charge in [-0.3, -0.25) is 0 Å². The van der Waals surface area contributed by atoms with Gasteiger partial charge in [0, 0.05) is 7.05 Å². The smallest absolute Gasteiger partial charge is 0.261 e. The lowest BCUT2D eigenvalue weighted by Crippen LogP contribution is -2.28. The first-order valence-electron chi connectivity index (χ1n) is 5.45. The number of aryl methyl sites for hydroxylation is 2. The number of furan rings is 1. The van der Waals surface area contributed by atoms with Crippen LogP contribution in [0.5, 0.6) is 0 Å². The summed E-state index contributed by atoms with van der Waals surface area (Å²) < 4.78 is 33.8. The van der Waals surface area contributed by atoms with E-state index in [0.717, 1.165) is 5.76 Å². The summed E-state index contributed by atoms with van der Waals surface area (Å²) in [6.45, 7) is 3.50. The van der Waals surface area contributed by atoms with Crippen molar-refractivity contribution in [3.63, 3.8) is 0 Å². The molecule has 0 aromatic carbocycles. The van der Waals surface area contributed by atoms with Gasteiger partial charge in [0.1, 0.15) is 11.5 Å². The summed E-state index contributed by atoms with van der Waals surface area (Å²) in [6, 6.07) is 3.03. The highest BCUT2D eigenvalue weighted by molar-refractivity contribution is 9.10. The average Bonchev–Trinajstić information content (AvgIpc) is 2.85. The van der Waals surface area contributed by atoms with Crippen molar-refractivity contribution in [2.75, 3.05) is 0 Å². The standard InChI is InChI=1S/C10H13BrN4O3S/c1-6-4-5-8(18-6)7(2)13-19(16,17)10-9(11)12-14-15(10)3/h4-5,7,13H,1-3H3. The lowest BCUT2D eigenvalue weighted by atomic mass is 10.3. The van der Waals surface area contributed by atoms with E-state index in [1.807, 2.05) is 0 Å². The minimum absolute atomic E-state index is 0.0253. The normalized spacial score (nSPS) is 13.7. The molecular formula is C10H13BrN4O3S. The molecule has 19 heavy (non-hydrogen) atoms. The molecule has 0 aliphatic heterocycles. The van der Waals surface area contributed by atoms with E-state index in [1.165, 1.54) is 11.7 Å². The first-order chi connectivity index (χ1) is 8.81. The van der Waals surface area contributed by atoms with E-state index in [-0.39, 0.29) is 9.63 Å². The van der Waals surface area contributed by atoms with Crippen molar-refractivity contribution in [3.8, 4) is 0 Å². The van der Waals surface area contributed by atoms with Gasteiger partial charge in [-0.1, -0.05) is 5.21 Å². The molecule has 1 atom stereocenters. The van der Waals surface area contributed by atoms with E-state index in [4.69, 9.17) is 4.42 Å². The zero-order valence-corrected chi connectivity index (χ0v) is 13.0. The lowest BCUT2D eigenvalue weighted by Gasteiger charge is -2.11. The molecule has 7 nitrogen and oxygen atoms in total. The van der Waals surface area contributed by atoms with Crippen molar-refractivity contribution in [3.05, 3.63) is 28.3 Å². The molecule has 104 valence electrons. The molecule has 0 fully saturated rings. The maximum Gasteiger partial charge on any atom is 0.261 e. The monoisotopic (exact) mass is 348 g/mol. The van der Waals surface area contributed by atoms with Crippen molar-refractivity contribution < 1.29 is 12.8 Å². The number of hydrogen-bond donors (Lipinski definition) is 1. The Bertz CT molecular complexity index is 672. The van der Waals surface area contributed by atoms with Crippen LogP contribution in [0.2, 0.25) is 0 Å². The SMILES string of the molecule is Cc1ccc(C(C)NS(=O)(=O)c2c(Br)nnn2C)o1. The molecule has 2 heterocycles. The van der Waals surface area contributed by atoms with Gasteiger partial charge >= 0.3 is 0 Å². The zero-order chi connectivity index (χ0) is 14.2. The summed E-state index contributed by atoms with van der Waals surface area (Å²) in [5.74, 6) is 1.27. The highest BCUT2D eigenvalue weighted by Gasteiger charge is 2.26. The van der Waals surface area contributed by atoms with Gasteiger partial charge in [-0.25, -0.2) is 13.1 Å². The highest BCUT2D eigenvalue weighted by atomic mass is 79.9. The Morgan fingerprint density at radius 1 is 1.47 bits per heavy atom. The molecule has 0 aliphatic carbocycles. The Kier molecular flexibility index (Phi) is 3.79. The number of rotatable bonds is 4. The van der Waals surface area contributed by atoms with Crippen LogP contribution in [0.4, 0.5) is 0 Å². The van der Waals surface area contributed by atoms with E-state index in [1.54, 1.807) is 26.0 Å². The Morgan fingerprint density at radius 3 is 2.63 bits per heavy atom. The van der Waals surface area contributed by atoms with Crippen LogP contribution < -0.4 is 4.72 Å². The number of hydrogen-bond acceptors (Lipinski definition) is 5. The molecule has 1 N–H and O–H groups in total. The third-order valence-corrected chi connectivity index (χ3v) is 4.94.